The molecule has 0 aliphatic carbocycles. The van der Waals surface area contributed by atoms with Crippen LogP contribution in [0.15, 0.2) is 24.3 Å². The van der Waals surface area contributed by atoms with E-state index in [2.05, 4.69) is 31.0 Å². The quantitative estimate of drug-likeness (QED) is 0.843. The van der Waals surface area contributed by atoms with Crippen LogP contribution in [0.5, 0.6) is 0 Å². The van der Waals surface area contributed by atoms with Crippen molar-refractivity contribution < 1.29 is 9.90 Å². The molecule has 1 atom stereocenters. The molecular formula is C17H27N3O2. The second kappa shape index (κ2) is 7.61. The van der Waals surface area contributed by atoms with Crippen LogP contribution in [0.25, 0.3) is 0 Å². The third kappa shape index (κ3) is 4.45. The fraction of sp³-hybridized carbons (Fsp3) is 0.588. The van der Waals surface area contributed by atoms with E-state index in [0.29, 0.717) is 19.1 Å². The van der Waals surface area contributed by atoms with E-state index in [1.165, 1.54) is 0 Å². The topological polar surface area (TPSA) is 55.8 Å². The Bertz CT molecular complexity index is 487. The predicted octanol–water partition coefficient (Wildman–Crippen LogP) is 1.93. The number of nitrogens with one attached hydrogen (secondary N) is 1. The number of likely N-dealkylation sites (tertiary alicyclic amines) is 1. The third-order valence-corrected chi connectivity index (χ3v) is 4.06. The highest BCUT2D eigenvalue weighted by Crippen LogP contribution is 2.20. The molecule has 0 saturated carbocycles. The third-order valence-electron chi connectivity index (χ3n) is 4.06. The average molecular weight is 305 g/mol. The predicted molar refractivity (Wildman–Crippen MR) is 90.3 cm³/mol. The molecule has 0 radical (unpaired) electrons. The Morgan fingerprint density at radius 3 is 2.59 bits per heavy atom. The van der Waals surface area contributed by atoms with E-state index < -0.39 is 0 Å². The van der Waals surface area contributed by atoms with Gasteiger partial charge < -0.3 is 15.3 Å². The number of β-amino-alcohol motifs (C(OH)–C–C–N with tert-alkyl or cyclic N) is 1. The van der Waals surface area contributed by atoms with Crippen molar-refractivity contribution in [2.24, 2.45) is 0 Å². The van der Waals surface area contributed by atoms with Gasteiger partial charge in [-0.2, -0.15) is 0 Å². The van der Waals surface area contributed by atoms with E-state index in [4.69, 9.17) is 0 Å². The number of amides is 1. The van der Waals surface area contributed by atoms with Crippen molar-refractivity contribution in [1.82, 2.24) is 4.90 Å². The molecule has 0 aromatic heterocycles. The molecule has 1 aromatic rings. The van der Waals surface area contributed by atoms with Crippen LogP contribution in [0.4, 0.5) is 11.4 Å². The zero-order valence-electron chi connectivity index (χ0n) is 13.7. The second-order valence-electron chi connectivity index (χ2n) is 6.15. The van der Waals surface area contributed by atoms with Gasteiger partial charge in [-0.25, -0.2) is 0 Å². The zero-order valence-corrected chi connectivity index (χ0v) is 13.7. The number of rotatable bonds is 6. The number of hydrogen-bond acceptors (Lipinski definition) is 4. The second-order valence-corrected chi connectivity index (χ2v) is 6.15. The van der Waals surface area contributed by atoms with E-state index >= 15 is 0 Å². The van der Waals surface area contributed by atoms with Gasteiger partial charge >= 0.3 is 0 Å². The van der Waals surface area contributed by atoms with E-state index in [1.807, 2.05) is 29.2 Å². The van der Waals surface area contributed by atoms with Crippen LogP contribution >= 0.6 is 0 Å². The fourth-order valence-corrected chi connectivity index (χ4v) is 2.94. The number of carbonyl (C=O) groups excluding carboxylic acids is 1. The van der Waals surface area contributed by atoms with Crippen molar-refractivity contribution in [2.75, 3.05) is 36.4 Å². The molecule has 1 aliphatic heterocycles. The number of hydrogen-bond donors (Lipinski definition) is 2. The summed E-state index contributed by atoms with van der Waals surface area (Å²) in [6.07, 6.45) is 0.465. The zero-order chi connectivity index (χ0) is 16.1. The van der Waals surface area contributed by atoms with Crippen LogP contribution in [0.2, 0.25) is 0 Å². The lowest BCUT2D eigenvalue weighted by molar-refractivity contribution is -0.117. The summed E-state index contributed by atoms with van der Waals surface area (Å²) in [6.45, 7) is 9.15. The summed E-state index contributed by atoms with van der Waals surface area (Å²) in [4.78, 5) is 16.3. The Morgan fingerprint density at radius 2 is 2.09 bits per heavy atom. The van der Waals surface area contributed by atoms with Crippen LogP contribution in [-0.2, 0) is 4.79 Å². The Hall–Kier alpha value is -1.59. The molecule has 1 aliphatic rings. The molecule has 0 spiro atoms. The Kier molecular flexibility index (Phi) is 5.80. The smallest absolute Gasteiger partial charge is 0.238 e. The van der Waals surface area contributed by atoms with Crippen molar-refractivity contribution in [2.45, 2.75) is 39.3 Å². The van der Waals surface area contributed by atoms with Gasteiger partial charge in [0.25, 0.3) is 0 Å². The van der Waals surface area contributed by atoms with Crippen molar-refractivity contribution in [1.29, 1.82) is 0 Å². The summed E-state index contributed by atoms with van der Waals surface area (Å²) in [7, 11) is 0. The van der Waals surface area contributed by atoms with E-state index in [-0.39, 0.29) is 12.0 Å². The largest absolute Gasteiger partial charge is 0.392 e. The van der Waals surface area contributed by atoms with E-state index in [1.54, 1.807) is 0 Å². The number of benzene rings is 1. The van der Waals surface area contributed by atoms with Crippen molar-refractivity contribution in [3.8, 4) is 0 Å². The van der Waals surface area contributed by atoms with Crippen LogP contribution in [-0.4, -0.2) is 54.2 Å². The minimum Gasteiger partial charge on any atom is -0.392 e. The number of anilines is 2. The number of carbonyl (C=O) groups is 1. The highest BCUT2D eigenvalue weighted by molar-refractivity contribution is 5.92. The molecule has 2 rings (SSSR count). The van der Waals surface area contributed by atoms with E-state index in [0.717, 1.165) is 30.9 Å². The molecule has 1 amide bonds. The maximum atomic E-state index is 12.0. The summed E-state index contributed by atoms with van der Waals surface area (Å²) < 4.78 is 0. The maximum Gasteiger partial charge on any atom is 0.238 e. The summed E-state index contributed by atoms with van der Waals surface area (Å²) >= 11 is 0. The van der Waals surface area contributed by atoms with Gasteiger partial charge in [-0.1, -0.05) is 0 Å². The van der Waals surface area contributed by atoms with Gasteiger partial charge in [0.2, 0.25) is 5.91 Å². The first-order valence-electron chi connectivity index (χ1n) is 8.06. The summed E-state index contributed by atoms with van der Waals surface area (Å²) in [5.74, 6) is -0.0296. The molecule has 1 fully saturated rings. The van der Waals surface area contributed by atoms with Crippen LogP contribution in [0, 0.1) is 0 Å². The van der Waals surface area contributed by atoms with Crippen molar-refractivity contribution in [3.05, 3.63) is 24.3 Å². The lowest BCUT2D eigenvalue weighted by atomic mass is 10.2. The van der Waals surface area contributed by atoms with Gasteiger partial charge in [0.15, 0.2) is 0 Å². The molecule has 5 heteroatoms. The number of aliphatic hydroxyl groups excluding tert-OH is 1. The minimum absolute atomic E-state index is 0.0296. The molecule has 0 unspecified atom stereocenters. The molecule has 1 aromatic carbocycles. The summed E-state index contributed by atoms with van der Waals surface area (Å²) in [5.41, 5.74) is 1.98. The highest BCUT2D eigenvalue weighted by Gasteiger charge is 2.21. The Balaban J connectivity index is 1.89. The molecule has 5 nitrogen and oxygen atoms in total. The molecule has 0 bridgehead atoms. The fourth-order valence-electron chi connectivity index (χ4n) is 2.94. The lowest BCUT2D eigenvalue weighted by Crippen LogP contribution is -2.32. The highest BCUT2D eigenvalue weighted by atomic mass is 16.3. The summed E-state index contributed by atoms with van der Waals surface area (Å²) in [5, 5.41) is 12.4. The maximum absolute atomic E-state index is 12.0. The normalized spacial score (nSPS) is 18.7. The lowest BCUT2D eigenvalue weighted by Gasteiger charge is -2.27. The van der Waals surface area contributed by atoms with Gasteiger partial charge in [-0.3, -0.25) is 9.69 Å². The Morgan fingerprint density at radius 1 is 1.41 bits per heavy atom. The first kappa shape index (κ1) is 16.8. The average Bonchev–Trinajstić information content (AvgIpc) is 2.86. The van der Waals surface area contributed by atoms with Crippen LogP contribution in [0.3, 0.4) is 0 Å². The number of aliphatic hydroxyl groups is 1. The first-order valence-corrected chi connectivity index (χ1v) is 8.06. The molecule has 2 N–H and O–H groups in total. The first-order chi connectivity index (χ1) is 10.5. The van der Waals surface area contributed by atoms with Gasteiger partial charge in [-0.15, -0.1) is 0 Å². The van der Waals surface area contributed by atoms with Crippen molar-refractivity contribution in [3.63, 3.8) is 0 Å². The molecule has 1 heterocycles. The SMILES string of the molecule is CCN(c1ccc(NC(=O)CN2CC[C@H](O)C2)cc1)C(C)C. The summed E-state index contributed by atoms with van der Waals surface area (Å²) in [6, 6.07) is 8.41. The molecular weight excluding hydrogens is 278 g/mol. The minimum atomic E-state index is -0.289. The van der Waals surface area contributed by atoms with Gasteiger partial charge in [0.05, 0.1) is 12.6 Å². The van der Waals surface area contributed by atoms with Crippen LogP contribution < -0.4 is 10.2 Å². The molecule has 122 valence electrons. The monoisotopic (exact) mass is 305 g/mol. The van der Waals surface area contributed by atoms with Gasteiger partial charge in [0, 0.05) is 37.1 Å². The van der Waals surface area contributed by atoms with Crippen molar-refractivity contribution >= 4 is 17.3 Å². The number of nitrogens with zero attached hydrogens (tertiary/aromatic N) is 2. The van der Waals surface area contributed by atoms with Gasteiger partial charge in [-0.05, 0) is 51.5 Å². The van der Waals surface area contributed by atoms with Crippen LogP contribution in [0.1, 0.15) is 27.2 Å². The Labute approximate surface area is 132 Å². The molecule has 22 heavy (non-hydrogen) atoms. The standard InChI is InChI=1S/C17H27N3O2/c1-4-20(13(2)3)15-7-5-14(6-8-15)18-17(22)12-19-10-9-16(21)11-19/h5-8,13,16,21H,4,9-12H2,1-3H3,(H,18,22)/t16-/m0/s1. The van der Waals surface area contributed by atoms with Gasteiger partial charge in [0.1, 0.15) is 0 Å². The molecule has 1 saturated heterocycles. The van der Waals surface area contributed by atoms with E-state index in [9.17, 15) is 9.90 Å².